The molecule has 0 aliphatic carbocycles. The van der Waals surface area contributed by atoms with Gasteiger partial charge < -0.3 is 10.3 Å². The lowest BCUT2D eigenvalue weighted by Gasteiger charge is -2.11. The Morgan fingerprint density at radius 1 is 1.08 bits per heavy atom. The summed E-state index contributed by atoms with van der Waals surface area (Å²) in [5.74, 6) is 0.0121. The minimum absolute atomic E-state index is 0.0121. The monoisotopic (exact) mass is 345 g/mol. The molecule has 2 aromatic heterocycles. The van der Waals surface area contributed by atoms with Gasteiger partial charge in [0.1, 0.15) is 0 Å². The van der Waals surface area contributed by atoms with Crippen molar-refractivity contribution in [3.05, 3.63) is 76.2 Å². The summed E-state index contributed by atoms with van der Waals surface area (Å²) in [5.41, 5.74) is 9.02. The molecule has 0 radical (unpaired) electrons. The van der Waals surface area contributed by atoms with Crippen molar-refractivity contribution in [2.45, 2.75) is 33.1 Å². The lowest BCUT2D eigenvalue weighted by molar-refractivity contribution is 0.0946. The highest BCUT2D eigenvalue weighted by Gasteiger charge is 2.20. The average molecular weight is 345 g/mol. The van der Waals surface area contributed by atoms with E-state index in [1.54, 1.807) is 0 Å². The zero-order valence-electron chi connectivity index (χ0n) is 15.2. The Balaban J connectivity index is 1.57. The number of carbonyl (C=O) groups excluding carboxylic acids is 1. The number of carbonyl (C=O) groups is 1. The standard InChI is InChI=1S/C22H23N3O/c1-14-4-3-5-15(2)18(14)7-6-17-12-16(8-10-23-17)21-13-19-20(25-21)9-11-24-22(19)26/h3-5,8,10,12-13,25H,6-7,9,11H2,1-2H3,(H,24,26). The van der Waals surface area contributed by atoms with Crippen molar-refractivity contribution in [3.63, 3.8) is 0 Å². The van der Waals surface area contributed by atoms with Crippen LogP contribution in [0.4, 0.5) is 0 Å². The first-order valence-electron chi connectivity index (χ1n) is 9.12. The van der Waals surface area contributed by atoms with Crippen molar-refractivity contribution in [2.75, 3.05) is 6.54 Å². The summed E-state index contributed by atoms with van der Waals surface area (Å²) in [4.78, 5) is 19.9. The van der Waals surface area contributed by atoms with Crippen LogP contribution >= 0.6 is 0 Å². The Bertz CT molecular complexity index is 951. The van der Waals surface area contributed by atoms with Crippen LogP contribution in [0.3, 0.4) is 0 Å². The first kappa shape index (κ1) is 16.6. The van der Waals surface area contributed by atoms with Crippen LogP contribution < -0.4 is 5.32 Å². The van der Waals surface area contributed by atoms with Crippen LogP contribution in [0, 0.1) is 13.8 Å². The molecule has 4 heteroatoms. The van der Waals surface area contributed by atoms with Gasteiger partial charge in [0.25, 0.3) is 5.91 Å². The Kier molecular flexibility index (Phi) is 4.33. The third-order valence-electron chi connectivity index (χ3n) is 5.21. The average Bonchev–Trinajstić information content (AvgIpc) is 3.07. The number of rotatable bonds is 4. The summed E-state index contributed by atoms with van der Waals surface area (Å²) < 4.78 is 0. The van der Waals surface area contributed by atoms with Crippen molar-refractivity contribution in [1.29, 1.82) is 0 Å². The summed E-state index contributed by atoms with van der Waals surface area (Å²) in [6.07, 6.45) is 4.60. The maximum absolute atomic E-state index is 12.0. The van der Waals surface area contributed by atoms with E-state index in [2.05, 4.69) is 53.4 Å². The van der Waals surface area contributed by atoms with Crippen molar-refractivity contribution in [2.24, 2.45) is 0 Å². The number of benzene rings is 1. The van der Waals surface area contributed by atoms with E-state index in [1.165, 1.54) is 16.7 Å². The predicted octanol–water partition coefficient (Wildman–Crippen LogP) is 3.76. The van der Waals surface area contributed by atoms with Gasteiger partial charge >= 0.3 is 0 Å². The second-order valence-corrected chi connectivity index (χ2v) is 6.99. The Morgan fingerprint density at radius 3 is 2.65 bits per heavy atom. The first-order valence-corrected chi connectivity index (χ1v) is 9.12. The molecule has 132 valence electrons. The fourth-order valence-corrected chi connectivity index (χ4v) is 3.73. The molecular weight excluding hydrogens is 322 g/mol. The third kappa shape index (κ3) is 3.15. The molecule has 1 amide bonds. The van der Waals surface area contributed by atoms with Gasteiger partial charge in [0.05, 0.1) is 5.56 Å². The molecule has 3 aromatic rings. The quantitative estimate of drug-likeness (QED) is 0.756. The minimum Gasteiger partial charge on any atom is -0.358 e. The molecule has 1 aliphatic rings. The molecule has 26 heavy (non-hydrogen) atoms. The van der Waals surface area contributed by atoms with E-state index in [9.17, 15) is 4.79 Å². The van der Waals surface area contributed by atoms with E-state index in [1.807, 2.05) is 18.3 Å². The van der Waals surface area contributed by atoms with Crippen LogP contribution in [0.2, 0.25) is 0 Å². The summed E-state index contributed by atoms with van der Waals surface area (Å²) in [6.45, 7) is 5.03. The van der Waals surface area contributed by atoms with Crippen LogP contribution in [0.5, 0.6) is 0 Å². The molecule has 0 saturated heterocycles. The van der Waals surface area contributed by atoms with Gasteiger partial charge in [-0.1, -0.05) is 18.2 Å². The van der Waals surface area contributed by atoms with E-state index in [4.69, 9.17) is 0 Å². The van der Waals surface area contributed by atoms with Gasteiger partial charge in [-0.25, -0.2) is 0 Å². The topological polar surface area (TPSA) is 57.8 Å². The second-order valence-electron chi connectivity index (χ2n) is 6.99. The van der Waals surface area contributed by atoms with Crippen molar-refractivity contribution in [1.82, 2.24) is 15.3 Å². The van der Waals surface area contributed by atoms with E-state index in [0.717, 1.165) is 47.5 Å². The highest BCUT2D eigenvalue weighted by atomic mass is 16.1. The van der Waals surface area contributed by atoms with Crippen molar-refractivity contribution < 1.29 is 4.79 Å². The number of aryl methyl sites for hydroxylation is 3. The van der Waals surface area contributed by atoms with Gasteiger partial charge in [0.2, 0.25) is 0 Å². The number of H-pyrrole nitrogens is 1. The maximum atomic E-state index is 12.0. The van der Waals surface area contributed by atoms with Crippen LogP contribution in [0.15, 0.2) is 42.6 Å². The molecule has 0 unspecified atom stereocenters. The lowest BCUT2D eigenvalue weighted by Crippen LogP contribution is -2.31. The van der Waals surface area contributed by atoms with Crippen molar-refractivity contribution >= 4 is 5.91 Å². The molecule has 0 bridgehead atoms. The highest BCUT2D eigenvalue weighted by Crippen LogP contribution is 2.25. The lowest BCUT2D eigenvalue weighted by atomic mass is 9.97. The van der Waals surface area contributed by atoms with Crippen LogP contribution in [0.25, 0.3) is 11.3 Å². The molecule has 1 aliphatic heterocycles. The fraction of sp³-hybridized carbons (Fsp3) is 0.273. The van der Waals surface area contributed by atoms with Crippen LogP contribution in [-0.2, 0) is 19.3 Å². The summed E-state index contributed by atoms with van der Waals surface area (Å²) in [5, 5.41) is 2.89. The predicted molar refractivity (Wildman–Crippen MR) is 103 cm³/mol. The molecule has 0 spiro atoms. The Labute approximate surface area is 153 Å². The molecule has 4 nitrogen and oxygen atoms in total. The van der Waals surface area contributed by atoms with Gasteiger partial charge in [0.15, 0.2) is 0 Å². The number of nitrogens with one attached hydrogen (secondary N) is 2. The van der Waals surface area contributed by atoms with E-state index < -0.39 is 0 Å². The fourth-order valence-electron chi connectivity index (χ4n) is 3.73. The van der Waals surface area contributed by atoms with Crippen LogP contribution in [-0.4, -0.2) is 22.4 Å². The van der Waals surface area contributed by atoms with Gasteiger partial charge in [-0.05, 0) is 61.6 Å². The third-order valence-corrected chi connectivity index (χ3v) is 5.21. The summed E-state index contributed by atoms with van der Waals surface area (Å²) in [6, 6.07) is 12.5. The first-order chi connectivity index (χ1) is 12.6. The molecule has 1 aromatic carbocycles. The summed E-state index contributed by atoms with van der Waals surface area (Å²) >= 11 is 0. The number of aromatic nitrogens is 2. The maximum Gasteiger partial charge on any atom is 0.253 e. The van der Waals surface area contributed by atoms with Gasteiger partial charge in [-0.2, -0.15) is 0 Å². The molecule has 3 heterocycles. The molecule has 0 saturated carbocycles. The van der Waals surface area contributed by atoms with E-state index in [-0.39, 0.29) is 5.91 Å². The molecule has 0 atom stereocenters. The Hall–Kier alpha value is -2.88. The van der Waals surface area contributed by atoms with Crippen LogP contribution in [0.1, 0.15) is 38.4 Å². The smallest absolute Gasteiger partial charge is 0.253 e. The SMILES string of the molecule is Cc1cccc(C)c1CCc1cc(-c2cc3c([nH]2)CCNC3=O)ccn1. The molecule has 4 rings (SSSR count). The van der Waals surface area contributed by atoms with E-state index >= 15 is 0 Å². The largest absolute Gasteiger partial charge is 0.358 e. The van der Waals surface area contributed by atoms with E-state index in [0.29, 0.717) is 6.54 Å². The number of hydrogen-bond acceptors (Lipinski definition) is 2. The minimum atomic E-state index is 0.0121. The molecule has 0 fully saturated rings. The number of fused-ring (bicyclic) bond motifs is 1. The number of hydrogen-bond donors (Lipinski definition) is 2. The normalized spacial score (nSPS) is 13.4. The number of pyridine rings is 1. The second kappa shape index (κ2) is 6.79. The number of amides is 1. The highest BCUT2D eigenvalue weighted by molar-refractivity contribution is 5.97. The number of aromatic amines is 1. The molecule has 2 N–H and O–H groups in total. The van der Waals surface area contributed by atoms with Gasteiger partial charge in [0, 0.05) is 41.8 Å². The van der Waals surface area contributed by atoms with Gasteiger partial charge in [-0.15, -0.1) is 0 Å². The molecular formula is C22H23N3O. The zero-order valence-corrected chi connectivity index (χ0v) is 15.2. The van der Waals surface area contributed by atoms with Crippen molar-refractivity contribution in [3.8, 4) is 11.3 Å². The summed E-state index contributed by atoms with van der Waals surface area (Å²) in [7, 11) is 0. The number of nitrogens with zero attached hydrogens (tertiary/aromatic N) is 1. The zero-order chi connectivity index (χ0) is 18.1. The Morgan fingerprint density at radius 2 is 1.88 bits per heavy atom. The van der Waals surface area contributed by atoms with Gasteiger partial charge in [-0.3, -0.25) is 9.78 Å².